The van der Waals surface area contributed by atoms with Crippen LogP contribution < -0.4 is 0 Å². The third kappa shape index (κ3) is 2.27. The van der Waals surface area contributed by atoms with E-state index >= 15 is 0 Å². The molecule has 0 aliphatic carbocycles. The summed E-state index contributed by atoms with van der Waals surface area (Å²) in [6.07, 6.45) is 1.81. The summed E-state index contributed by atoms with van der Waals surface area (Å²) in [5.74, 6) is -1.55. The topological polar surface area (TPSA) is 40.5 Å². The molecule has 0 aromatic carbocycles. The summed E-state index contributed by atoms with van der Waals surface area (Å²) in [6.45, 7) is 7.18. The monoisotopic (exact) mass is 146 g/mol. The number of rotatable bonds is 3. The number of aliphatic hydroxyl groups is 2. The first-order chi connectivity index (χ1) is 4.31. The maximum Gasteiger partial charge on any atom is 0.164 e. The average molecular weight is 146 g/mol. The molecule has 0 unspecified atom stereocenters. The number of hydrogen-bond acceptors (Lipinski definition) is 2. The van der Waals surface area contributed by atoms with Crippen molar-refractivity contribution in [1.29, 1.82) is 0 Å². The van der Waals surface area contributed by atoms with Crippen molar-refractivity contribution in [2.45, 2.75) is 46.3 Å². The minimum absolute atomic E-state index is 0.401. The van der Waals surface area contributed by atoms with Crippen LogP contribution in [-0.2, 0) is 0 Å². The normalized spacial score (nSPS) is 13.8. The van der Waals surface area contributed by atoms with Gasteiger partial charge in [0.25, 0.3) is 0 Å². The smallest absolute Gasteiger partial charge is 0.164 e. The molecule has 0 saturated carbocycles. The molecule has 0 amide bonds. The largest absolute Gasteiger partial charge is 0.365 e. The molecule has 0 spiro atoms. The molecule has 0 heterocycles. The molecule has 62 valence electrons. The molecule has 10 heavy (non-hydrogen) atoms. The fourth-order valence-electron chi connectivity index (χ4n) is 0.862. The van der Waals surface area contributed by atoms with E-state index in [1.165, 1.54) is 6.92 Å². The van der Waals surface area contributed by atoms with Gasteiger partial charge in [0.1, 0.15) is 0 Å². The van der Waals surface area contributed by atoms with Gasteiger partial charge in [-0.05, 0) is 13.3 Å². The molecule has 0 bridgehead atoms. The quantitative estimate of drug-likeness (QED) is 0.592. The third-order valence-electron chi connectivity index (χ3n) is 2.16. The molecule has 0 aliphatic rings. The molecule has 0 rings (SSSR count). The summed E-state index contributed by atoms with van der Waals surface area (Å²) in [5, 5.41) is 18.5. The van der Waals surface area contributed by atoms with Crippen molar-refractivity contribution < 1.29 is 10.2 Å². The van der Waals surface area contributed by atoms with Crippen molar-refractivity contribution in [3.63, 3.8) is 0 Å². The Kier molecular flexibility index (Phi) is 2.86. The highest BCUT2D eigenvalue weighted by Crippen LogP contribution is 2.32. The fraction of sp³-hybridized carbons (Fsp3) is 1.00. The highest BCUT2D eigenvalue weighted by molar-refractivity contribution is 4.79. The van der Waals surface area contributed by atoms with Gasteiger partial charge in [-0.1, -0.05) is 27.2 Å². The summed E-state index contributed by atoms with van der Waals surface area (Å²) in [4.78, 5) is 0. The van der Waals surface area contributed by atoms with Crippen LogP contribution in [0.5, 0.6) is 0 Å². The molecule has 0 aromatic rings. The summed E-state index contributed by atoms with van der Waals surface area (Å²) in [5.41, 5.74) is -0.401. The SMILES string of the molecule is CCCC(C)(C)C(C)(O)O. The Morgan fingerprint density at radius 2 is 1.50 bits per heavy atom. The van der Waals surface area contributed by atoms with E-state index in [0.29, 0.717) is 0 Å². The minimum Gasteiger partial charge on any atom is -0.365 e. The van der Waals surface area contributed by atoms with Crippen LogP contribution in [0, 0.1) is 5.41 Å². The molecule has 2 N–H and O–H groups in total. The summed E-state index contributed by atoms with van der Waals surface area (Å²) in [7, 11) is 0. The Hall–Kier alpha value is -0.0800. The van der Waals surface area contributed by atoms with Gasteiger partial charge in [-0.25, -0.2) is 0 Å². The average Bonchev–Trinajstić information content (AvgIpc) is 1.61. The first-order valence-corrected chi connectivity index (χ1v) is 3.76. The second-order valence-corrected chi connectivity index (χ2v) is 3.65. The van der Waals surface area contributed by atoms with Gasteiger partial charge in [0, 0.05) is 5.41 Å². The molecule has 0 saturated heterocycles. The molecule has 0 aromatic heterocycles. The van der Waals surface area contributed by atoms with Crippen LogP contribution >= 0.6 is 0 Å². The van der Waals surface area contributed by atoms with Gasteiger partial charge in [-0.2, -0.15) is 0 Å². The van der Waals surface area contributed by atoms with Crippen molar-refractivity contribution in [3.8, 4) is 0 Å². The molecule has 0 radical (unpaired) electrons. The van der Waals surface area contributed by atoms with Gasteiger partial charge in [0.2, 0.25) is 0 Å². The van der Waals surface area contributed by atoms with Gasteiger partial charge in [0.15, 0.2) is 5.79 Å². The lowest BCUT2D eigenvalue weighted by molar-refractivity contribution is -0.220. The Labute approximate surface area is 62.9 Å². The molecular formula is C8H18O2. The van der Waals surface area contributed by atoms with E-state index in [9.17, 15) is 10.2 Å². The van der Waals surface area contributed by atoms with Crippen molar-refractivity contribution in [1.82, 2.24) is 0 Å². The zero-order valence-electron chi connectivity index (χ0n) is 7.31. The van der Waals surface area contributed by atoms with E-state index in [-0.39, 0.29) is 0 Å². The summed E-state index contributed by atoms with van der Waals surface area (Å²) < 4.78 is 0. The summed E-state index contributed by atoms with van der Waals surface area (Å²) in [6, 6.07) is 0. The maximum absolute atomic E-state index is 9.23. The second kappa shape index (κ2) is 2.89. The van der Waals surface area contributed by atoms with E-state index in [0.717, 1.165) is 12.8 Å². The molecular weight excluding hydrogens is 128 g/mol. The Morgan fingerprint density at radius 1 is 1.10 bits per heavy atom. The summed E-state index contributed by atoms with van der Waals surface area (Å²) >= 11 is 0. The zero-order valence-corrected chi connectivity index (χ0v) is 7.31. The Morgan fingerprint density at radius 3 is 1.60 bits per heavy atom. The molecule has 0 fully saturated rings. The highest BCUT2D eigenvalue weighted by atomic mass is 16.5. The van der Waals surface area contributed by atoms with Crippen molar-refractivity contribution in [2.24, 2.45) is 5.41 Å². The lowest BCUT2D eigenvalue weighted by Gasteiger charge is -2.35. The van der Waals surface area contributed by atoms with Crippen LogP contribution in [0.4, 0.5) is 0 Å². The van der Waals surface area contributed by atoms with Crippen LogP contribution in [0.15, 0.2) is 0 Å². The molecule has 2 nitrogen and oxygen atoms in total. The lowest BCUT2D eigenvalue weighted by Crippen LogP contribution is -2.41. The second-order valence-electron chi connectivity index (χ2n) is 3.65. The van der Waals surface area contributed by atoms with Gasteiger partial charge in [-0.3, -0.25) is 0 Å². The van der Waals surface area contributed by atoms with Crippen LogP contribution in [0.2, 0.25) is 0 Å². The molecule has 0 atom stereocenters. The lowest BCUT2D eigenvalue weighted by atomic mass is 9.80. The van der Waals surface area contributed by atoms with Crippen LogP contribution in [0.1, 0.15) is 40.5 Å². The van der Waals surface area contributed by atoms with Crippen molar-refractivity contribution in [2.75, 3.05) is 0 Å². The standard InChI is InChI=1S/C8H18O2/c1-5-6-7(2,3)8(4,9)10/h9-10H,5-6H2,1-4H3. The first-order valence-electron chi connectivity index (χ1n) is 3.76. The Balaban J connectivity index is 4.10. The first kappa shape index (κ1) is 9.92. The fourth-order valence-corrected chi connectivity index (χ4v) is 0.862. The zero-order chi connectivity index (χ0) is 8.41. The molecule has 2 heteroatoms. The Bertz CT molecular complexity index is 100. The van der Waals surface area contributed by atoms with Gasteiger partial charge in [0.05, 0.1) is 0 Å². The van der Waals surface area contributed by atoms with E-state index in [2.05, 4.69) is 0 Å². The predicted molar refractivity (Wildman–Crippen MR) is 41.5 cm³/mol. The van der Waals surface area contributed by atoms with Gasteiger partial charge < -0.3 is 10.2 Å². The van der Waals surface area contributed by atoms with E-state index in [1.807, 2.05) is 20.8 Å². The molecule has 0 aliphatic heterocycles. The maximum atomic E-state index is 9.23. The third-order valence-corrected chi connectivity index (χ3v) is 2.16. The van der Waals surface area contributed by atoms with Crippen LogP contribution in [0.25, 0.3) is 0 Å². The van der Waals surface area contributed by atoms with Gasteiger partial charge >= 0.3 is 0 Å². The minimum atomic E-state index is -1.55. The van der Waals surface area contributed by atoms with Crippen LogP contribution in [-0.4, -0.2) is 16.0 Å². The predicted octanol–water partition coefficient (Wildman–Crippen LogP) is 1.51. The van der Waals surface area contributed by atoms with Crippen LogP contribution in [0.3, 0.4) is 0 Å². The number of hydrogen-bond donors (Lipinski definition) is 2. The van der Waals surface area contributed by atoms with E-state index < -0.39 is 11.2 Å². The van der Waals surface area contributed by atoms with E-state index in [4.69, 9.17) is 0 Å². The van der Waals surface area contributed by atoms with Gasteiger partial charge in [-0.15, -0.1) is 0 Å². The van der Waals surface area contributed by atoms with Crippen molar-refractivity contribution in [3.05, 3.63) is 0 Å². The van der Waals surface area contributed by atoms with Crippen molar-refractivity contribution >= 4 is 0 Å². The van der Waals surface area contributed by atoms with E-state index in [1.54, 1.807) is 0 Å². The highest BCUT2D eigenvalue weighted by Gasteiger charge is 2.36.